The van der Waals surface area contributed by atoms with Crippen molar-refractivity contribution in [3.8, 4) is 0 Å². The van der Waals surface area contributed by atoms with Gasteiger partial charge in [-0.2, -0.15) is 0 Å². The summed E-state index contributed by atoms with van der Waals surface area (Å²) in [7, 11) is -1.15. The van der Waals surface area contributed by atoms with Gasteiger partial charge >= 0.3 is 0 Å². The van der Waals surface area contributed by atoms with Crippen LogP contribution in [0.2, 0.25) is 18.1 Å². The SMILES string of the molecule is CC[Si](CC)(CC)c1[c]cccc1. The van der Waals surface area contributed by atoms with Gasteiger partial charge in [0.05, 0.1) is 8.07 Å². The highest BCUT2D eigenvalue weighted by Gasteiger charge is 2.28. The van der Waals surface area contributed by atoms with Gasteiger partial charge < -0.3 is 0 Å². The van der Waals surface area contributed by atoms with E-state index in [0.717, 1.165) is 0 Å². The lowest BCUT2D eigenvalue weighted by atomic mass is 10.4. The molecule has 1 aromatic carbocycles. The summed E-state index contributed by atoms with van der Waals surface area (Å²) in [5.74, 6) is 0. The van der Waals surface area contributed by atoms with Gasteiger partial charge in [-0.1, -0.05) is 68.4 Å². The van der Waals surface area contributed by atoms with Crippen molar-refractivity contribution in [3.63, 3.8) is 0 Å². The summed E-state index contributed by atoms with van der Waals surface area (Å²) in [6.07, 6.45) is 0. The number of hydrogen-bond acceptors (Lipinski definition) is 0. The average Bonchev–Trinajstić information content (AvgIpc) is 2.23. The Hall–Kier alpha value is -0.563. The van der Waals surface area contributed by atoms with Crippen molar-refractivity contribution in [2.45, 2.75) is 38.9 Å². The van der Waals surface area contributed by atoms with Gasteiger partial charge in [0.25, 0.3) is 0 Å². The van der Waals surface area contributed by atoms with Crippen LogP contribution in [0.25, 0.3) is 0 Å². The Morgan fingerprint density at radius 3 is 2.08 bits per heavy atom. The molecule has 0 heterocycles. The Balaban J connectivity index is 3.01. The summed E-state index contributed by atoms with van der Waals surface area (Å²) in [6.45, 7) is 7.00. The molecule has 0 amide bonds. The fourth-order valence-corrected chi connectivity index (χ4v) is 5.53. The Kier molecular flexibility index (Phi) is 3.73. The Bertz CT molecular complexity index is 228. The summed E-state index contributed by atoms with van der Waals surface area (Å²) in [4.78, 5) is 0. The lowest BCUT2D eigenvalue weighted by Gasteiger charge is -2.28. The molecule has 13 heavy (non-hydrogen) atoms. The van der Waals surface area contributed by atoms with Crippen LogP contribution in [0.1, 0.15) is 20.8 Å². The highest BCUT2D eigenvalue weighted by molar-refractivity contribution is 6.91. The Morgan fingerprint density at radius 2 is 1.69 bits per heavy atom. The molecule has 0 aromatic heterocycles. The minimum atomic E-state index is -1.15. The summed E-state index contributed by atoms with van der Waals surface area (Å²) < 4.78 is 0. The van der Waals surface area contributed by atoms with E-state index in [9.17, 15) is 0 Å². The van der Waals surface area contributed by atoms with Crippen LogP contribution < -0.4 is 5.19 Å². The van der Waals surface area contributed by atoms with E-state index in [1.54, 1.807) is 0 Å². The predicted octanol–water partition coefficient (Wildman–Crippen LogP) is 3.20. The molecule has 0 unspecified atom stereocenters. The fourth-order valence-electron chi connectivity index (χ4n) is 2.04. The zero-order valence-corrected chi connectivity index (χ0v) is 9.93. The maximum absolute atomic E-state index is 3.42. The minimum absolute atomic E-state index is 1.15. The third-order valence-electron chi connectivity index (χ3n) is 3.31. The summed E-state index contributed by atoms with van der Waals surface area (Å²) >= 11 is 0. The van der Waals surface area contributed by atoms with Crippen LogP contribution in [0.15, 0.2) is 24.3 Å². The first-order valence-corrected chi connectivity index (χ1v) is 7.88. The number of hydrogen-bond donors (Lipinski definition) is 0. The molecule has 0 spiro atoms. The van der Waals surface area contributed by atoms with Gasteiger partial charge in [-0.15, -0.1) is 0 Å². The third-order valence-corrected chi connectivity index (χ3v) is 8.83. The lowest BCUT2D eigenvalue weighted by molar-refractivity contribution is 1.19. The van der Waals surface area contributed by atoms with Crippen molar-refractivity contribution in [3.05, 3.63) is 30.3 Å². The van der Waals surface area contributed by atoms with Crippen LogP contribution in [-0.4, -0.2) is 8.07 Å². The first-order chi connectivity index (χ1) is 6.29. The van der Waals surface area contributed by atoms with Gasteiger partial charge in [0.15, 0.2) is 0 Å². The van der Waals surface area contributed by atoms with Crippen LogP contribution in [0.4, 0.5) is 0 Å². The molecule has 0 N–H and O–H groups in total. The Labute approximate surface area is 83.0 Å². The van der Waals surface area contributed by atoms with Crippen molar-refractivity contribution >= 4 is 13.3 Å². The summed E-state index contributed by atoms with van der Waals surface area (Å²) in [6, 6.07) is 16.0. The summed E-state index contributed by atoms with van der Waals surface area (Å²) in [5, 5.41) is 1.52. The minimum Gasteiger partial charge on any atom is -0.0675 e. The molecule has 0 nitrogen and oxygen atoms in total. The molecule has 0 saturated heterocycles. The predicted molar refractivity (Wildman–Crippen MR) is 62.1 cm³/mol. The van der Waals surface area contributed by atoms with E-state index in [1.807, 2.05) is 0 Å². The molecule has 0 aliphatic carbocycles. The van der Waals surface area contributed by atoms with E-state index in [1.165, 1.54) is 23.3 Å². The Morgan fingerprint density at radius 1 is 1.08 bits per heavy atom. The smallest absolute Gasteiger partial charge is 0.0675 e. The lowest BCUT2D eigenvalue weighted by Crippen LogP contribution is -2.45. The van der Waals surface area contributed by atoms with Gasteiger partial charge in [-0.25, -0.2) is 0 Å². The van der Waals surface area contributed by atoms with Gasteiger partial charge in [0.1, 0.15) is 0 Å². The van der Waals surface area contributed by atoms with Crippen LogP contribution in [0.3, 0.4) is 0 Å². The monoisotopic (exact) mass is 191 g/mol. The molecule has 0 bridgehead atoms. The first kappa shape index (κ1) is 10.5. The van der Waals surface area contributed by atoms with E-state index in [4.69, 9.17) is 0 Å². The second-order valence-electron chi connectivity index (χ2n) is 3.62. The molecule has 1 radical (unpaired) electrons. The molecule has 1 heteroatoms. The van der Waals surface area contributed by atoms with Gasteiger partial charge in [-0.3, -0.25) is 0 Å². The standard InChI is InChI=1S/C12H19Si/c1-4-13(5-2,6-3)12-10-8-7-9-11-12/h7-10H,4-6H2,1-3H3. The fraction of sp³-hybridized carbons (Fsp3) is 0.500. The second-order valence-corrected chi connectivity index (χ2v) is 8.84. The highest BCUT2D eigenvalue weighted by atomic mass is 28.3. The molecule has 71 valence electrons. The van der Waals surface area contributed by atoms with Crippen molar-refractivity contribution in [2.75, 3.05) is 0 Å². The average molecular weight is 191 g/mol. The van der Waals surface area contributed by atoms with Crippen molar-refractivity contribution in [2.24, 2.45) is 0 Å². The maximum Gasteiger partial charge on any atom is 0.0867 e. The quantitative estimate of drug-likeness (QED) is 0.641. The molecule has 0 atom stereocenters. The maximum atomic E-state index is 3.42. The van der Waals surface area contributed by atoms with Crippen molar-refractivity contribution in [1.29, 1.82) is 0 Å². The van der Waals surface area contributed by atoms with Gasteiger partial charge in [-0.05, 0) is 6.07 Å². The zero-order valence-electron chi connectivity index (χ0n) is 8.93. The van der Waals surface area contributed by atoms with E-state index in [-0.39, 0.29) is 0 Å². The van der Waals surface area contributed by atoms with E-state index < -0.39 is 8.07 Å². The molecule has 1 aromatic rings. The molecule has 0 aliphatic heterocycles. The summed E-state index contributed by atoms with van der Waals surface area (Å²) in [5.41, 5.74) is 0. The zero-order chi connectivity index (χ0) is 9.73. The number of rotatable bonds is 4. The van der Waals surface area contributed by atoms with E-state index in [2.05, 4.69) is 51.1 Å². The van der Waals surface area contributed by atoms with Crippen molar-refractivity contribution < 1.29 is 0 Å². The van der Waals surface area contributed by atoms with Crippen LogP contribution in [0.5, 0.6) is 0 Å². The molecule has 0 saturated carbocycles. The van der Waals surface area contributed by atoms with Crippen LogP contribution in [-0.2, 0) is 0 Å². The van der Waals surface area contributed by atoms with Crippen molar-refractivity contribution in [1.82, 2.24) is 0 Å². The van der Waals surface area contributed by atoms with Gasteiger partial charge in [0, 0.05) is 0 Å². The largest absolute Gasteiger partial charge is 0.0867 e. The molecule has 1 rings (SSSR count). The topological polar surface area (TPSA) is 0 Å². The third kappa shape index (κ3) is 2.02. The first-order valence-electron chi connectivity index (χ1n) is 5.26. The number of benzene rings is 1. The molecular weight excluding hydrogens is 172 g/mol. The normalized spacial score (nSPS) is 11.6. The van der Waals surface area contributed by atoms with Crippen LogP contribution >= 0.6 is 0 Å². The molecule has 0 aliphatic rings. The highest BCUT2D eigenvalue weighted by Crippen LogP contribution is 2.19. The second kappa shape index (κ2) is 4.61. The van der Waals surface area contributed by atoms with E-state index in [0.29, 0.717) is 0 Å². The van der Waals surface area contributed by atoms with Crippen LogP contribution in [0, 0.1) is 6.07 Å². The van der Waals surface area contributed by atoms with E-state index >= 15 is 0 Å². The van der Waals surface area contributed by atoms with Gasteiger partial charge in [0.2, 0.25) is 0 Å². The molecule has 0 fully saturated rings. The molecular formula is C12H19Si.